The fraction of sp³-hybridized carbons (Fsp3) is 0.111. The molecule has 0 spiro atoms. The Kier molecular flexibility index (Phi) is 2.42. The minimum absolute atomic E-state index is 0.318. The van der Waals surface area contributed by atoms with Crippen molar-refractivity contribution in [1.82, 2.24) is 5.16 Å². The first-order valence-corrected chi connectivity index (χ1v) is 4.93. The predicted molar refractivity (Wildman–Crippen MR) is 55.6 cm³/mol. The molecule has 0 aliphatic carbocycles. The van der Waals surface area contributed by atoms with Gasteiger partial charge in [0.15, 0.2) is 11.6 Å². The van der Waals surface area contributed by atoms with E-state index in [9.17, 15) is 4.79 Å². The molecule has 0 aliphatic heterocycles. The van der Waals surface area contributed by atoms with Gasteiger partial charge < -0.3 is 15.0 Å². The monoisotopic (exact) mass is 224 g/mol. The zero-order valence-corrected chi connectivity index (χ0v) is 8.71. The fourth-order valence-electron chi connectivity index (χ4n) is 1.09. The molecule has 0 aliphatic rings. The number of nitrogens with zero attached hydrogens (tertiary/aromatic N) is 1. The van der Waals surface area contributed by atoms with Crippen molar-refractivity contribution in [3.05, 3.63) is 23.1 Å². The summed E-state index contributed by atoms with van der Waals surface area (Å²) < 4.78 is 9.55. The highest BCUT2D eigenvalue weighted by Crippen LogP contribution is 2.29. The first-order chi connectivity index (χ1) is 7.20. The third-order valence-corrected chi connectivity index (χ3v) is 2.84. The van der Waals surface area contributed by atoms with E-state index in [0.717, 1.165) is 4.88 Å². The number of rotatable bonds is 2. The summed E-state index contributed by atoms with van der Waals surface area (Å²) in [5.74, 6) is 0.504. The van der Waals surface area contributed by atoms with Crippen molar-refractivity contribution in [1.29, 1.82) is 0 Å². The topological polar surface area (TPSA) is 78.4 Å². The lowest BCUT2D eigenvalue weighted by Gasteiger charge is -1.91. The molecule has 0 amide bonds. The number of nitrogens with two attached hydrogens (primary N) is 1. The van der Waals surface area contributed by atoms with Crippen LogP contribution in [0.1, 0.15) is 9.67 Å². The Morgan fingerprint density at radius 1 is 1.60 bits per heavy atom. The van der Waals surface area contributed by atoms with Gasteiger partial charge in [0.25, 0.3) is 0 Å². The van der Waals surface area contributed by atoms with Crippen LogP contribution in [0.25, 0.3) is 10.6 Å². The van der Waals surface area contributed by atoms with E-state index in [1.807, 2.05) is 0 Å². The van der Waals surface area contributed by atoms with Crippen molar-refractivity contribution in [3.63, 3.8) is 0 Å². The molecule has 5 nitrogen and oxygen atoms in total. The molecular weight excluding hydrogens is 216 g/mol. The highest BCUT2D eigenvalue weighted by molar-refractivity contribution is 7.17. The Bertz CT molecular complexity index is 489. The number of ether oxygens (including phenoxy) is 1. The Balaban J connectivity index is 2.31. The second kappa shape index (κ2) is 3.74. The number of methoxy groups -OCH3 is 1. The summed E-state index contributed by atoms with van der Waals surface area (Å²) in [6.07, 6.45) is 0. The van der Waals surface area contributed by atoms with Gasteiger partial charge in [0.05, 0.1) is 12.0 Å². The van der Waals surface area contributed by atoms with Crippen LogP contribution in [-0.2, 0) is 4.74 Å². The SMILES string of the molecule is COC(=O)c1ccc(-c2cc(N)no2)s1. The maximum atomic E-state index is 11.2. The van der Waals surface area contributed by atoms with E-state index in [1.54, 1.807) is 18.2 Å². The Labute approximate surface area is 89.4 Å². The molecule has 78 valence electrons. The van der Waals surface area contributed by atoms with E-state index >= 15 is 0 Å². The average molecular weight is 224 g/mol. The van der Waals surface area contributed by atoms with Gasteiger partial charge in [-0.15, -0.1) is 11.3 Å². The molecule has 2 N–H and O–H groups in total. The molecule has 0 bridgehead atoms. The summed E-state index contributed by atoms with van der Waals surface area (Å²) in [5.41, 5.74) is 5.42. The van der Waals surface area contributed by atoms with Crippen molar-refractivity contribution >= 4 is 23.1 Å². The van der Waals surface area contributed by atoms with Gasteiger partial charge in [0.2, 0.25) is 0 Å². The van der Waals surface area contributed by atoms with Crippen LogP contribution in [0.4, 0.5) is 5.82 Å². The zero-order valence-electron chi connectivity index (χ0n) is 7.89. The molecular formula is C9H8N2O3S. The number of anilines is 1. The summed E-state index contributed by atoms with van der Waals surface area (Å²) in [6, 6.07) is 5.04. The van der Waals surface area contributed by atoms with Crippen LogP contribution in [0.3, 0.4) is 0 Å². The normalized spacial score (nSPS) is 10.2. The standard InChI is InChI=1S/C9H8N2O3S/c1-13-9(12)7-3-2-6(15-7)5-4-8(10)11-14-5/h2-4H,1H3,(H2,10,11). The highest BCUT2D eigenvalue weighted by atomic mass is 32.1. The van der Waals surface area contributed by atoms with Gasteiger partial charge in [-0.1, -0.05) is 5.16 Å². The zero-order chi connectivity index (χ0) is 10.8. The minimum Gasteiger partial charge on any atom is -0.465 e. The molecule has 2 heterocycles. The number of carbonyl (C=O) groups is 1. The van der Waals surface area contributed by atoms with Gasteiger partial charge in [0.1, 0.15) is 4.88 Å². The molecule has 0 unspecified atom stereocenters. The number of carbonyl (C=O) groups excluding carboxylic acids is 1. The Hall–Kier alpha value is -1.82. The fourth-order valence-corrected chi connectivity index (χ4v) is 1.96. The molecule has 2 rings (SSSR count). The van der Waals surface area contributed by atoms with Gasteiger partial charge in [-0.25, -0.2) is 4.79 Å². The second-order valence-corrected chi connectivity index (χ2v) is 3.86. The lowest BCUT2D eigenvalue weighted by molar-refractivity contribution is 0.0606. The van der Waals surface area contributed by atoms with Crippen LogP contribution in [-0.4, -0.2) is 18.2 Å². The second-order valence-electron chi connectivity index (χ2n) is 2.77. The average Bonchev–Trinajstić information content (AvgIpc) is 2.84. The molecule has 6 heteroatoms. The third kappa shape index (κ3) is 1.84. The Morgan fingerprint density at radius 3 is 3.00 bits per heavy atom. The minimum atomic E-state index is -0.362. The number of nitrogen functional groups attached to an aromatic ring is 1. The highest BCUT2D eigenvalue weighted by Gasteiger charge is 2.12. The summed E-state index contributed by atoms with van der Waals surface area (Å²) >= 11 is 1.27. The number of hydrogen-bond acceptors (Lipinski definition) is 6. The number of esters is 1. The molecule has 2 aromatic rings. The van der Waals surface area contributed by atoms with Crippen LogP contribution >= 0.6 is 11.3 Å². The van der Waals surface area contributed by atoms with E-state index in [0.29, 0.717) is 16.5 Å². The molecule has 2 aromatic heterocycles. The van der Waals surface area contributed by atoms with Crippen LogP contribution in [0.5, 0.6) is 0 Å². The smallest absolute Gasteiger partial charge is 0.348 e. The van der Waals surface area contributed by atoms with Crippen molar-refractivity contribution in [2.24, 2.45) is 0 Å². The van der Waals surface area contributed by atoms with Crippen LogP contribution in [0.15, 0.2) is 22.7 Å². The number of hydrogen-bond donors (Lipinski definition) is 1. The largest absolute Gasteiger partial charge is 0.465 e. The predicted octanol–water partition coefficient (Wildman–Crippen LogP) is 1.77. The van der Waals surface area contributed by atoms with E-state index in [4.69, 9.17) is 10.3 Å². The van der Waals surface area contributed by atoms with Gasteiger partial charge in [-0.3, -0.25) is 0 Å². The van der Waals surface area contributed by atoms with Crippen LogP contribution in [0.2, 0.25) is 0 Å². The summed E-state index contributed by atoms with van der Waals surface area (Å²) in [4.78, 5) is 12.5. The van der Waals surface area contributed by atoms with E-state index in [2.05, 4.69) is 9.89 Å². The quantitative estimate of drug-likeness (QED) is 0.786. The third-order valence-electron chi connectivity index (χ3n) is 1.76. The Morgan fingerprint density at radius 2 is 2.40 bits per heavy atom. The van der Waals surface area contributed by atoms with Crippen molar-refractivity contribution < 1.29 is 14.1 Å². The van der Waals surface area contributed by atoms with Crippen LogP contribution in [0, 0.1) is 0 Å². The van der Waals surface area contributed by atoms with E-state index in [1.165, 1.54) is 18.4 Å². The molecule has 0 atom stereocenters. The van der Waals surface area contributed by atoms with E-state index < -0.39 is 0 Å². The first-order valence-electron chi connectivity index (χ1n) is 4.11. The summed E-state index contributed by atoms with van der Waals surface area (Å²) in [7, 11) is 1.34. The lowest BCUT2D eigenvalue weighted by atomic mass is 10.3. The van der Waals surface area contributed by atoms with Gasteiger partial charge in [-0.2, -0.15) is 0 Å². The van der Waals surface area contributed by atoms with Crippen LogP contribution < -0.4 is 5.73 Å². The first kappa shape index (κ1) is 9.72. The number of thiophene rings is 1. The van der Waals surface area contributed by atoms with Gasteiger partial charge >= 0.3 is 5.97 Å². The molecule has 15 heavy (non-hydrogen) atoms. The van der Waals surface area contributed by atoms with E-state index in [-0.39, 0.29) is 5.97 Å². The summed E-state index contributed by atoms with van der Waals surface area (Å²) in [6.45, 7) is 0. The maximum Gasteiger partial charge on any atom is 0.348 e. The molecule has 0 saturated heterocycles. The lowest BCUT2D eigenvalue weighted by Crippen LogP contribution is -1.96. The van der Waals surface area contributed by atoms with Crippen molar-refractivity contribution in [2.75, 3.05) is 12.8 Å². The summed E-state index contributed by atoms with van der Waals surface area (Å²) in [5, 5.41) is 3.56. The molecule has 0 fully saturated rings. The van der Waals surface area contributed by atoms with Crippen molar-refractivity contribution in [2.45, 2.75) is 0 Å². The molecule has 0 radical (unpaired) electrons. The van der Waals surface area contributed by atoms with Crippen molar-refractivity contribution in [3.8, 4) is 10.6 Å². The molecule has 0 aromatic carbocycles. The van der Waals surface area contributed by atoms with Gasteiger partial charge in [0, 0.05) is 6.07 Å². The van der Waals surface area contributed by atoms with Gasteiger partial charge in [-0.05, 0) is 12.1 Å². The molecule has 0 saturated carbocycles. The maximum absolute atomic E-state index is 11.2. The number of aromatic nitrogens is 1.